The molecule has 134 valence electrons. The molecule has 3 N–H and O–H groups in total. The van der Waals surface area contributed by atoms with Crippen molar-refractivity contribution in [3.63, 3.8) is 0 Å². The standard InChI is InChI=1S/C17H21N3O4S/c1-10-12(18-16(23)11-6-7-11)4-3-5-13(10)19-17(25)20-14(21)8-9-15(22)24-2/h3-5,11H,6-9H2,1-2H3,(H,18,23)(H2,19,20,21,25). The Bertz CT molecular complexity index is 701. The van der Waals surface area contributed by atoms with Crippen LogP contribution in [-0.4, -0.2) is 30.0 Å². The molecule has 0 bridgehead atoms. The number of nitrogens with one attached hydrogen (secondary N) is 3. The van der Waals surface area contributed by atoms with Gasteiger partial charge in [0, 0.05) is 23.7 Å². The molecule has 0 unspecified atom stereocenters. The lowest BCUT2D eigenvalue weighted by Crippen LogP contribution is -2.34. The van der Waals surface area contributed by atoms with Gasteiger partial charge >= 0.3 is 5.97 Å². The zero-order chi connectivity index (χ0) is 18.4. The van der Waals surface area contributed by atoms with E-state index in [1.165, 1.54) is 7.11 Å². The lowest BCUT2D eigenvalue weighted by atomic mass is 10.1. The number of hydrogen-bond acceptors (Lipinski definition) is 5. The summed E-state index contributed by atoms with van der Waals surface area (Å²) in [6, 6.07) is 5.41. The van der Waals surface area contributed by atoms with E-state index in [0.717, 1.165) is 18.4 Å². The number of esters is 1. The number of carbonyl (C=O) groups excluding carboxylic acids is 3. The van der Waals surface area contributed by atoms with Crippen LogP contribution in [0.5, 0.6) is 0 Å². The number of thiocarbonyl (C=S) groups is 1. The lowest BCUT2D eigenvalue weighted by molar-refractivity contribution is -0.142. The topological polar surface area (TPSA) is 96.5 Å². The van der Waals surface area contributed by atoms with Crippen LogP contribution in [0.15, 0.2) is 18.2 Å². The Labute approximate surface area is 151 Å². The van der Waals surface area contributed by atoms with Gasteiger partial charge in [-0.15, -0.1) is 0 Å². The van der Waals surface area contributed by atoms with Gasteiger partial charge in [0.1, 0.15) is 0 Å². The van der Waals surface area contributed by atoms with Crippen molar-refractivity contribution in [1.29, 1.82) is 0 Å². The molecule has 25 heavy (non-hydrogen) atoms. The Morgan fingerprint density at radius 1 is 1.16 bits per heavy atom. The molecular weight excluding hydrogens is 342 g/mol. The molecule has 1 aromatic carbocycles. The van der Waals surface area contributed by atoms with Crippen LogP contribution in [0.1, 0.15) is 31.2 Å². The summed E-state index contributed by atoms with van der Waals surface area (Å²) in [4.78, 5) is 34.7. The molecule has 7 nitrogen and oxygen atoms in total. The van der Waals surface area contributed by atoms with Crippen LogP contribution >= 0.6 is 12.2 Å². The van der Waals surface area contributed by atoms with Crippen molar-refractivity contribution in [2.75, 3.05) is 17.7 Å². The molecule has 2 amide bonds. The first-order chi connectivity index (χ1) is 11.9. The molecule has 0 aliphatic heterocycles. The highest BCUT2D eigenvalue weighted by Crippen LogP contribution is 2.31. The van der Waals surface area contributed by atoms with Crippen molar-refractivity contribution in [3.8, 4) is 0 Å². The van der Waals surface area contributed by atoms with E-state index < -0.39 is 5.97 Å². The molecule has 0 heterocycles. The van der Waals surface area contributed by atoms with Crippen molar-refractivity contribution in [3.05, 3.63) is 23.8 Å². The van der Waals surface area contributed by atoms with Crippen molar-refractivity contribution in [2.24, 2.45) is 5.92 Å². The number of rotatable bonds is 6. The number of amides is 2. The summed E-state index contributed by atoms with van der Waals surface area (Å²) in [6.07, 6.45) is 1.85. The van der Waals surface area contributed by atoms with Gasteiger partial charge in [-0.05, 0) is 49.7 Å². The third kappa shape index (κ3) is 5.82. The van der Waals surface area contributed by atoms with E-state index >= 15 is 0 Å². The smallest absolute Gasteiger partial charge is 0.306 e. The fourth-order valence-corrected chi connectivity index (χ4v) is 2.37. The molecule has 1 saturated carbocycles. The molecule has 2 rings (SSSR count). The fourth-order valence-electron chi connectivity index (χ4n) is 2.15. The van der Waals surface area contributed by atoms with Crippen LogP contribution < -0.4 is 16.0 Å². The van der Waals surface area contributed by atoms with Gasteiger partial charge in [-0.25, -0.2) is 0 Å². The summed E-state index contributed by atoms with van der Waals surface area (Å²) < 4.78 is 4.48. The van der Waals surface area contributed by atoms with Gasteiger partial charge in [0.2, 0.25) is 11.8 Å². The van der Waals surface area contributed by atoms with Gasteiger partial charge in [0.25, 0.3) is 0 Å². The third-order valence-electron chi connectivity index (χ3n) is 3.82. The summed E-state index contributed by atoms with van der Waals surface area (Å²) in [7, 11) is 1.27. The second kappa shape index (κ2) is 8.57. The van der Waals surface area contributed by atoms with Crippen molar-refractivity contribution in [2.45, 2.75) is 32.6 Å². The minimum atomic E-state index is -0.455. The molecule has 0 aromatic heterocycles. The molecule has 1 aromatic rings. The first-order valence-corrected chi connectivity index (χ1v) is 8.39. The molecule has 0 spiro atoms. The minimum Gasteiger partial charge on any atom is -0.469 e. The lowest BCUT2D eigenvalue weighted by Gasteiger charge is -2.15. The Morgan fingerprint density at radius 2 is 1.80 bits per heavy atom. The summed E-state index contributed by atoms with van der Waals surface area (Å²) in [5.41, 5.74) is 2.22. The van der Waals surface area contributed by atoms with E-state index in [4.69, 9.17) is 12.2 Å². The summed E-state index contributed by atoms with van der Waals surface area (Å²) in [6.45, 7) is 1.85. The number of anilines is 2. The Morgan fingerprint density at radius 3 is 2.40 bits per heavy atom. The summed E-state index contributed by atoms with van der Waals surface area (Å²) >= 11 is 5.12. The Hall–Kier alpha value is -2.48. The first kappa shape index (κ1) is 18.9. The van der Waals surface area contributed by atoms with Gasteiger partial charge < -0.3 is 20.7 Å². The highest BCUT2D eigenvalue weighted by atomic mass is 32.1. The number of benzene rings is 1. The van der Waals surface area contributed by atoms with E-state index in [9.17, 15) is 14.4 Å². The van der Waals surface area contributed by atoms with E-state index in [-0.39, 0.29) is 35.7 Å². The average Bonchev–Trinajstić information content (AvgIpc) is 3.41. The zero-order valence-electron chi connectivity index (χ0n) is 14.2. The zero-order valence-corrected chi connectivity index (χ0v) is 15.0. The van der Waals surface area contributed by atoms with Gasteiger partial charge in [0.05, 0.1) is 13.5 Å². The molecule has 0 atom stereocenters. The molecule has 1 aliphatic carbocycles. The van der Waals surface area contributed by atoms with Gasteiger partial charge in [-0.1, -0.05) is 6.07 Å². The van der Waals surface area contributed by atoms with E-state index in [2.05, 4.69) is 20.7 Å². The number of ether oxygens (including phenoxy) is 1. The van der Waals surface area contributed by atoms with Crippen LogP contribution in [0.3, 0.4) is 0 Å². The van der Waals surface area contributed by atoms with Crippen molar-refractivity contribution >= 4 is 46.5 Å². The quantitative estimate of drug-likeness (QED) is 0.529. The maximum atomic E-state index is 11.9. The van der Waals surface area contributed by atoms with Crippen LogP contribution in [0.25, 0.3) is 0 Å². The summed E-state index contributed by atoms with van der Waals surface area (Å²) in [5, 5.41) is 8.48. The Kier molecular flexibility index (Phi) is 6.46. The fraction of sp³-hybridized carbons (Fsp3) is 0.412. The van der Waals surface area contributed by atoms with Crippen LogP contribution in [0, 0.1) is 12.8 Å². The monoisotopic (exact) mass is 363 g/mol. The second-order valence-electron chi connectivity index (χ2n) is 5.82. The maximum Gasteiger partial charge on any atom is 0.306 e. The molecule has 0 saturated heterocycles. The average molecular weight is 363 g/mol. The van der Waals surface area contributed by atoms with Crippen LogP contribution in [-0.2, 0) is 19.1 Å². The van der Waals surface area contributed by atoms with Crippen LogP contribution in [0.4, 0.5) is 11.4 Å². The normalized spacial score (nSPS) is 12.9. The Balaban J connectivity index is 1.90. The molecule has 1 aliphatic rings. The second-order valence-corrected chi connectivity index (χ2v) is 6.23. The largest absolute Gasteiger partial charge is 0.469 e. The van der Waals surface area contributed by atoms with E-state index in [0.29, 0.717) is 11.4 Å². The summed E-state index contributed by atoms with van der Waals surface area (Å²) in [5.74, 6) is -0.687. The third-order valence-corrected chi connectivity index (χ3v) is 4.03. The highest BCUT2D eigenvalue weighted by molar-refractivity contribution is 7.80. The van der Waals surface area contributed by atoms with E-state index in [1.807, 2.05) is 13.0 Å². The van der Waals surface area contributed by atoms with Crippen molar-refractivity contribution < 1.29 is 19.1 Å². The predicted molar refractivity (Wildman–Crippen MR) is 98.1 cm³/mol. The molecule has 0 radical (unpaired) electrons. The molecule has 1 fully saturated rings. The van der Waals surface area contributed by atoms with Crippen LogP contribution in [0.2, 0.25) is 0 Å². The van der Waals surface area contributed by atoms with Crippen molar-refractivity contribution in [1.82, 2.24) is 5.32 Å². The first-order valence-electron chi connectivity index (χ1n) is 7.99. The minimum absolute atomic E-state index is 0.00728. The predicted octanol–water partition coefficient (Wildman–Crippen LogP) is 2.11. The molecular formula is C17H21N3O4S. The number of carbonyl (C=O) groups is 3. The SMILES string of the molecule is COC(=O)CCC(=O)NC(=S)Nc1cccc(NC(=O)C2CC2)c1C. The van der Waals surface area contributed by atoms with Gasteiger partial charge in [-0.2, -0.15) is 0 Å². The van der Waals surface area contributed by atoms with E-state index in [1.54, 1.807) is 12.1 Å². The maximum absolute atomic E-state index is 11.9. The highest BCUT2D eigenvalue weighted by Gasteiger charge is 2.29. The number of hydrogen-bond donors (Lipinski definition) is 3. The number of methoxy groups -OCH3 is 1. The van der Waals surface area contributed by atoms with Gasteiger partial charge in [0.15, 0.2) is 5.11 Å². The molecule has 8 heteroatoms. The van der Waals surface area contributed by atoms with Gasteiger partial charge in [-0.3, -0.25) is 14.4 Å².